The standard InChI is InChI=1S/C17H18N2O4/c1-12-3-5-15(6-4-12)23-11-16(20)19-10-14-9-13(7-8-18-14)17(21)22-2/h3-9H,10-11H2,1-2H3,(H,19,20). The summed E-state index contributed by atoms with van der Waals surface area (Å²) in [5.41, 5.74) is 2.08. The Morgan fingerprint density at radius 1 is 1.17 bits per heavy atom. The van der Waals surface area contributed by atoms with Crippen molar-refractivity contribution < 1.29 is 19.1 Å². The first-order chi connectivity index (χ1) is 11.1. The molecule has 23 heavy (non-hydrogen) atoms. The van der Waals surface area contributed by atoms with Gasteiger partial charge in [-0.25, -0.2) is 4.79 Å². The molecule has 1 amide bonds. The summed E-state index contributed by atoms with van der Waals surface area (Å²) in [7, 11) is 1.31. The number of nitrogens with zero attached hydrogens (tertiary/aromatic N) is 1. The minimum absolute atomic E-state index is 0.0836. The largest absolute Gasteiger partial charge is 0.484 e. The van der Waals surface area contributed by atoms with E-state index in [0.717, 1.165) is 5.56 Å². The fraction of sp³-hybridized carbons (Fsp3) is 0.235. The fourth-order valence-electron chi connectivity index (χ4n) is 1.84. The molecule has 1 aromatic heterocycles. The molecule has 0 saturated heterocycles. The number of esters is 1. The van der Waals surface area contributed by atoms with E-state index in [0.29, 0.717) is 17.0 Å². The molecule has 1 aromatic carbocycles. The monoisotopic (exact) mass is 314 g/mol. The fourth-order valence-corrected chi connectivity index (χ4v) is 1.84. The molecule has 0 spiro atoms. The summed E-state index contributed by atoms with van der Waals surface area (Å²) in [6.07, 6.45) is 1.50. The molecule has 0 aliphatic heterocycles. The van der Waals surface area contributed by atoms with Crippen LogP contribution in [0.3, 0.4) is 0 Å². The van der Waals surface area contributed by atoms with Gasteiger partial charge in [0.25, 0.3) is 5.91 Å². The maximum Gasteiger partial charge on any atom is 0.337 e. The molecule has 0 atom stereocenters. The highest BCUT2D eigenvalue weighted by atomic mass is 16.5. The van der Waals surface area contributed by atoms with Gasteiger partial charge >= 0.3 is 5.97 Å². The third-order valence-corrected chi connectivity index (χ3v) is 3.10. The molecule has 0 saturated carbocycles. The SMILES string of the molecule is COC(=O)c1ccnc(CNC(=O)COc2ccc(C)cc2)c1. The second kappa shape index (κ2) is 7.93. The summed E-state index contributed by atoms with van der Waals surface area (Å²) in [6, 6.07) is 10.6. The Labute approximate surface area is 134 Å². The third kappa shape index (κ3) is 5.10. The molecular weight excluding hydrogens is 296 g/mol. The zero-order valence-corrected chi connectivity index (χ0v) is 13.0. The molecule has 2 aromatic rings. The van der Waals surface area contributed by atoms with Crippen LogP contribution in [0.2, 0.25) is 0 Å². The maximum atomic E-state index is 11.8. The average Bonchev–Trinajstić information content (AvgIpc) is 2.59. The Kier molecular flexibility index (Phi) is 5.68. The average molecular weight is 314 g/mol. The van der Waals surface area contributed by atoms with Gasteiger partial charge in [-0.15, -0.1) is 0 Å². The number of carbonyl (C=O) groups excluding carboxylic acids is 2. The van der Waals surface area contributed by atoms with E-state index in [4.69, 9.17) is 4.74 Å². The van der Waals surface area contributed by atoms with Crippen molar-refractivity contribution in [3.63, 3.8) is 0 Å². The molecule has 0 aliphatic carbocycles. The highest BCUT2D eigenvalue weighted by Gasteiger charge is 2.08. The first kappa shape index (κ1) is 16.5. The zero-order valence-electron chi connectivity index (χ0n) is 13.0. The molecule has 6 nitrogen and oxygen atoms in total. The second-order valence-electron chi connectivity index (χ2n) is 4.91. The minimum atomic E-state index is -0.442. The summed E-state index contributed by atoms with van der Waals surface area (Å²) in [5, 5.41) is 2.69. The van der Waals surface area contributed by atoms with Gasteiger partial charge < -0.3 is 14.8 Å². The Hall–Kier alpha value is -2.89. The number of aromatic nitrogens is 1. The molecule has 120 valence electrons. The van der Waals surface area contributed by atoms with Crippen molar-refractivity contribution in [1.82, 2.24) is 10.3 Å². The lowest BCUT2D eigenvalue weighted by molar-refractivity contribution is -0.123. The van der Waals surface area contributed by atoms with Crippen LogP contribution in [0, 0.1) is 6.92 Å². The first-order valence-electron chi connectivity index (χ1n) is 7.08. The summed E-state index contributed by atoms with van der Waals surface area (Å²) in [6.45, 7) is 2.10. The van der Waals surface area contributed by atoms with Crippen LogP contribution in [0.4, 0.5) is 0 Å². The highest BCUT2D eigenvalue weighted by Crippen LogP contribution is 2.11. The normalized spacial score (nSPS) is 10.0. The number of nitrogens with one attached hydrogen (secondary N) is 1. The molecule has 0 fully saturated rings. The van der Waals surface area contributed by atoms with Crippen LogP contribution in [0.1, 0.15) is 21.6 Å². The molecule has 1 heterocycles. The molecule has 0 unspecified atom stereocenters. The highest BCUT2D eigenvalue weighted by molar-refractivity contribution is 5.89. The Bertz CT molecular complexity index is 683. The molecule has 0 bridgehead atoms. The smallest absolute Gasteiger partial charge is 0.337 e. The van der Waals surface area contributed by atoms with E-state index >= 15 is 0 Å². The number of carbonyl (C=O) groups is 2. The predicted octanol–water partition coefficient (Wildman–Crippen LogP) is 1.87. The van der Waals surface area contributed by atoms with Crippen molar-refractivity contribution in [2.75, 3.05) is 13.7 Å². The minimum Gasteiger partial charge on any atom is -0.484 e. The van der Waals surface area contributed by atoms with Gasteiger partial charge in [0.1, 0.15) is 5.75 Å². The molecule has 0 aliphatic rings. The van der Waals surface area contributed by atoms with Gasteiger partial charge in [-0.3, -0.25) is 9.78 Å². The number of methoxy groups -OCH3 is 1. The lowest BCUT2D eigenvalue weighted by atomic mass is 10.2. The summed E-state index contributed by atoms with van der Waals surface area (Å²) in [5.74, 6) is -0.0740. The number of rotatable bonds is 6. The zero-order chi connectivity index (χ0) is 16.7. The van der Waals surface area contributed by atoms with Crippen molar-refractivity contribution in [3.8, 4) is 5.75 Å². The van der Waals surface area contributed by atoms with Gasteiger partial charge in [0, 0.05) is 6.20 Å². The Balaban J connectivity index is 1.82. The molecule has 0 radical (unpaired) electrons. The van der Waals surface area contributed by atoms with E-state index in [-0.39, 0.29) is 19.1 Å². The van der Waals surface area contributed by atoms with E-state index in [9.17, 15) is 9.59 Å². The molecule has 1 N–H and O–H groups in total. The summed E-state index contributed by atoms with van der Waals surface area (Å²) < 4.78 is 10.0. The van der Waals surface area contributed by atoms with Crippen molar-refractivity contribution >= 4 is 11.9 Å². The number of hydrogen-bond donors (Lipinski definition) is 1. The number of amides is 1. The maximum absolute atomic E-state index is 11.8. The van der Waals surface area contributed by atoms with Crippen LogP contribution in [0.5, 0.6) is 5.75 Å². The van der Waals surface area contributed by atoms with Gasteiger partial charge in [0.15, 0.2) is 6.61 Å². The number of ether oxygens (including phenoxy) is 2. The van der Waals surface area contributed by atoms with E-state index in [1.165, 1.54) is 13.3 Å². The number of hydrogen-bond acceptors (Lipinski definition) is 5. The predicted molar refractivity (Wildman–Crippen MR) is 84.1 cm³/mol. The van der Waals surface area contributed by atoms with Crippen LogP contribution in [0.25, 0.3) is 0 Å². The summed E-state index contributed by atoms with van der Waals surface area (Å²) >= 11 is 0. The van der Waals surface area contributed by atoms with E-state index in [2.05, 4.69) is 15.0 Å². The van der Waals surface area contributed by atoms with Gasteiger partial charge in [-0.05, 0) is 31.2 Å². The van der Waals surface area contributed by atoms with Crippen molar-refractivity contribution in [1.29, 1.82) is 0 Å². The molecular formula is C17H18N2O4. The van der Waals surface area contributed by atoms with E-state index in [1.807, 2.05) is 31.2 Å². The van der Waals surface area contributed by atoms with Crippen molar-refractivity contribution in [2.45, 2.75) is 13.5 Å². The Morgan fingerprint density at radius 3 is 2.61 bits per heavy atom. The number of aryl methyl sites for hydroxylation is 1. The number of benzene rings is 1. The van der Waals surface area contributed by atoms with Crippen LogP contribution in [0.15, 0.2) is 42.6 Å². The van der Waals surface area contributed by atoms with Gasteiger partial charge in [0.2, 0.25) is 0 Å². The second-order valence-corrected chi connectivity index (χ2v) is 4.91. The van der Waals surface area contributed by atoms with Crippen LogP contribution < -0.4 is 10.1 Å². The summed E-state index contributed by atoms with van der Waals surface area (Å²) in [4.78, 5) is 27.3. The Morgan fingerprint density at radius 2 is 1.91 bits per heavy atom. The van der Waals surface area contributed by atoms with Crippen LogP contribution in [-0.4, -0.2) is 30.6 Å². The number of pyridine rings is 1. The van der Waals surface area contributed by atoms with Crippen molar-refractivity contribution in [2.24, 2.45) is 0 Å². The van der Waals surface area contributed by atoms with Gasteiger partial charge in [-0.1, -0.05) is 17.7 Å². The van der Waals surface area contributed by atoms with Crippen LogP contribution in [-0.2, 0) is 16.1 Å². The molecule has 6 heteroatoms. The van der Waals surface area contributed by atoms with Gasteiger partial charge in [-0.2, -0.15) is 0 Å². The first-order valence-corrected chi connectivity index (χ1v) is 7.08. The van der Waals surface area contributed by atoms with Crippen molar-refractivity contribution in [3.05, 3.63) is 59.4 Å². The lowest BCUT2D eigenvalue weighted by Crippen LogP contribution is -2.28. The third-order valence-electron chi connectivity index (χ3n) is 3.10. The van der Waals surface area contributed by atoms with Gasteiger partial charge in [0.05, 0.1) is 24.9 Å². The lowest BCUT2D eigenvalue weighted by Gasteiger charge is -2.08. The van der Waals surface area contributed by atoms with E-state index < -0.39 is 5.97 Å². The van der Waals surface area contributed by atoms with Crippen LogP contribution >= 0.6 is 0 Å². The van der Waals surface area contributed by atoms with E-state index in [1.54, 1.807) is 12.1 Å². The quantitative estimate of drug-likeness (QED) is 0.824. The topological polar surface area (TPSA) is 77.5 Å². The molecule has 2 rings (SSSR count).